The number of aliphatic imine (C=N–C) groups is 1. The minimum Gasteiger partial charge on any atom is -0.465 e. The second-order valence-corrected chi connectivity index (χ2v) is 6.99. The molecule has 3 rings (SSSR count). The lowest BCUT2D eigenvalue weighted by Crippen LogP contribution is -2.39. The molecule has 1 aliphatic rings. The van der Waals surface area contributed by atoms with Crippen LogP contribution in [0.15, 0.2) is 53.5 Å². The predicted octanol–water partition coefficient (Wildman–Crippen LogP) is 5.02. The van der Waals surface area contributed by atoms with Crippen LogP contribution in [0.1, 0.15) is 42.5 Å². The standard InChI is InChI=1S/C21H25NO/c1-15(2)13-20-21(23-14-22-20,18-9-5-16(3)6-10-18)19-11-7-17(4)8-12-19/h5-12,14-15,20H,13H2,1-4H3. The molecule has 0 spiro atoms. The van der Waals surface area contributed by atoms with Crippen LogP contribution in [-0.2, 0) is 10.3 Å². The Labute approximate surface area is 139 Å². The second-order valence-electron chi connectivity index (χ2n) is 6.99. The van der Waals surface area contributed by atoms with E-state index in [0.717, 1.165) is 6.42 Å². The van der Waals surface area contributed by atoms with E-state index >= 15 is 0 Å². The Morgan fingerprint density at radius 2 is 1.39 bits per heavy atom. The molecule has 0 saturated heterocycles. The molecule has 0 saturated carbocycles. The summed E-state index contributed by atoms with van der Waals surface area (Å²) in [5.41, 5.74) is 4.36. The molecule has 0 aliphatic carbocycles. The van der Waals surface area contributed by atoms with Crippen LogP contribution in [0.3, 0.4) is 0 Å². The topological polar surface area (TPSA) is 21.6 Å². The van der Waals surface area contributed by atoms with E-state index in [1.165, 1.54) is 22.3 Å². The average Bonchev–Trinajstić information content (AvgIpc) is 2.92. The van der Waals surface area contributed by atoms with Crippen molar-refractivity contribution in [2.24, 2.45) is 10.9 Å². The zero-order valence-electron chi connectivity index (χ0n) is 14.4. The van der Waals surface area contributed by atoms with E-state index in [-0.39, 0.29) is 6.04 Å². The number of hydrogen-bond acceptors (Lipinski definition) is 2. The van der Waals surface area contributed by atoms with Gasteiger partial charge in [-0.2, -0.15) is 0 Å². The highest BCUT2D eigenvalue weighted by Crippen LogP contribution is 2.43. The van der Waals surface area contributed by atoms with E-state index in [9.17, 15) is 0 Å². The summed E-state index contributed by atoms with van der Waals surface area (Å²) in [5, 5.41) is 0. The number of hydrogen-bond donors (Lipinski definition) is 0. The van der Waals surface area contributed by atoms with Crippen LogP contribution in [0, 0.1) is 19.8 Å². The van der Waals surface area contributed by atoms with Crippen molar-refractivity contribution in [3.63, 3.8) is 0 Å². The average molecular weight is 307 g/mol. The first-order chi connectivity index (χ1) is 11.0. The Bertz CT molecular complexity index is 637. The van der Waals surface area contributed by atoms with Crippen molar-refractivity contribution < 1.29 is 4.74 Å². The van der Waals surface area contributed by atoms with Crippen molar-refractivity contribution >= 4 is 6.40 Å². The molecule has 0 bridgehead atoms. The highest BCUT2D eigenvalue weighted by Gasteiger charge is 2.47. The molecule has 2 heteroatoms. The van der Waals surface area contributed by atoms with E-state index in [0.29, 0.717) is 5.92 Å². The molecule has 0 amide bonds. The SMILES string of the molecule is Cc1ccc(C2(c3ccc(C)cc3)OC=NC2CC(C)C)cc1. The van der Waals surface area contributed by atoms with Crippen LogP contribution < -0.4 is 0 Å². The van der Waals surface area contributed by atoms with Crippen LogP contribution in [-0.4, -0.2) is 12.4 Å². The summed E-state index contributed by atoms with van der Waals surface area (Å²) in [4.78, 5) is 4.68. The molecule has 120 valence electrons. The van der Waals surface area contributed by atoms with E-state index in [1.54, 1.807) is 6.40 Å². The van der Waals surface area contributed by atoms with Crippen molar-refractivity contribution in [3.8, 4) is 0 Å². The quantitative estimate of drug-likeness (QED) is 0.777. The number of benzene rings is 2. The van der Waals surface area contributed by atoms with Crippen LogP contribution in [0.4, 0.5) is 0 Å². The molecule has 1 aliphatic heterocycles. The normalized spacial score (nSPS) is 19.1. The summed E-state index contributed by atoms with van der Waals surface area (Å²) >= 11 is 0. The summed E-state index contributed by atoms with van der Waals surface area (Å²) in [7, 11) is 0. The van der Waals surface area contributed by atoms with E-state index in [4.69, 9.17) is 4.74 Å². The molecule has 2 nitrogen and oxygen atoms in total. The lowest BCUT2D eigenvalue weighted by Gasteiger charge is -2.35. The van der Waals surface area contributed by atoms with Crippen LogP contribution >= 0.6 is 0 Å². The zero-order chi connectivity index (χ0) is 16.4. The largest absolute Gasteiger partial charge is 0.465 e. The fourth-order valence-corrected chi connectivity index (χ4v) is 3.33. The van der Waals surface area contributed by atoms with Gasteiger partial charge in [0.05, 0.1) is 0 Å². The molecule has 0 N–H and O–H groups in total. The van der Waals surface area contributed by atoms with Gasteiger partial charge in [0.25, 0.3) is 0 Å². The minimum atomic E-state index is -0.508. The number of rotatable bonds is 4. The molecule has 2 aromatic carbocycles. The highest BCUT2D eigenvalue weighted by atomic mass is 16.5. The first kappa shape index (κ1) is 15.8. The van der Waals surface area contributed by atoms with Gasteiger partial charge in [-0.15, -0.1) is 0 Å². The number of ether oxygens (including phenoxy) is 1. The highest BCUT2D eigenvalue weighted by molar-refractivity contribution is 5.57. The van der Waals surface area contributed by atoms with Gasteiger partial charge in [-0.1, -0.05) is 73.5 Å². The first-order valence-corrected chi connectivity index (χ1v) is 8.36. The number of nitrogens with zero attached hydrogens (tertiary/aromatic N) is 1. The van der Waals surface area contributed by atoms with E-state index < -0.39 is 5.60 Å². The van der Waals surface area contributed by atoms with Gasteiger partial charge in [0, 0.05) is 11.1 Å². The van der Waals surface area contributed by atoms with Gasteiger partial charge in [0.2, 0.25) is 0 Å². The van der Waals surface area contributed by atoms with Crippen LogP contribution in [0.25, 0.3) is 0 Å². The van der Waals surface area contributed by atoms with Crippen LogP contribution in [0.5, 0.6) is 0 Å². The molecule has 1 unspecified atom stereocenters. The maximum absolute atomic E-state index is 6.21. The van der Waals surface area contributed by atoms with Gasteiger partial charge in [-0.05, 0) is 26.2 Å². The molecule has 1 heterocycles. The Morgan fingerprint density at radius 3 is 1.83 bits per heavy atom. The molecular formula is C21H25NO. The third-order valence-corrected chi connectivity index (χ3v) is 4.60. The molecule has 0 radical (unpaired) electrons. The Hall–Kier alpha value is -2.09. The minimum absolute atomic E-state index is 0.105. The monoisotopic (exact) mass is 307 g/mol. The Kier molecular flexibility index (Phi) is 4.25. The van der Waals surface area contributed by atoms with Gasteiger partial charge in [0.15, 0.2) is 12.0 Å². The second kappa shape index (κ2) is 6.19. The summed E-state index contributed by atoms with van der Waals surface area (Å²) in [6.07, 6.45) is 2.64. The van der Waals surface area contributed by atoms with Gasteiger partial charge in [0.1, 0.15) is 6.04 Å². The molecular weight excluding hydrogens is 282 g/mol. The first-order valence-electron chi connectivity index (χ1n) is 8.36. The Morgan fingerprint density at radius 1 is 0.913 bits per heavy atom. The molecule has 0 aromatic heterocycles. The van der Waals surface area contributed by atoms with Gasteiger partial charge < -0.3 is 4.74 Å². The summed E-state index contributed by atoms with van der Waals surface area (Å²) in [6.45, 7) is 8.70. The van der Waals surface area contributed by atoms with Crippen molar-refractivity contribution in [1.82, 2.24) is 0 Å². The van der Waals surface area contributed by atoms with Crippen molar-refractivity contribution in [1.29, 1.82) is 0 Å². The Balaban J connectivity index is 2.13. The van der Waals surface area contributed by atoms with Crippen LogP contribution in [0.2, 0.25) is 0 Å². The fourth-order valence-electron chi connectivity index (χ4n) is 3.33. The van der Waals surface area contributed by atoms with E-state index in [2.05, 4.69) is 81.2 Å². The zero-order valence-corrected chi connectivity index (χ0v) is 14.4. The van der Waals surface area contributed by atoms with Gasteiger partial charge in [-0.3, -0.25) is 4.99 Å². The molecule has 23 heavy (non-hydrogen) atoms. The molecule has 0 fully saturated rings. The van der Waals surface area contributed by atoms with E-state index in [1.807, 2.05) is 0 Å². The number of aryl methyl sites for hydroxylation is 2. The smallest absolute Gasteiger partial charge is 0.182 e. The lowest BCUT2D eigenvalue weighted by atomic mass is 9.77. The maximum Gasteiger partial charge on any atom is 0.182 e. The predicted molar refractivity (Wildman–Crippen MR) is 96.0 cm³/mol. The van der Waals surface area contributed by atoms with Crippen molar-refractivity contribution in [3.05, 3.63) is 70.8 Å². The van der Waals surface area contributed by atoms with Crippen molar-refractivity contribution in [2.75, 3.05) is 0 Å². The fraction of sp³-hybridized carbons (Fsp3) is 0.381. The van der Waals surface area contributed by atoms with Gasteiger partial charge in [-0.25, -0.2) is 0 Å². The molecule has 2 aromatic rings. The third kappa shape index (κ3) is 2.90. The molecule has 1 atom stereocenters. The lowest BCUT2D eigenvalue weighted by molar-refractivity contribution is 0.0956. The summed E-state index contributed by atoms with van der Waals surface area (Å²) in [5.74, 6) is 0.564. The third-order valence-electron chi connectivity index (χ3n) is 4.60. The maximum atomic E-state index is 6.21. The summed E-state index contributed by atoms with van der Waals surface area (Å²) in [6, 6.07) is 17.4. The summed E-state index contributed by atoms with van der Waals surface area (Å²) < 4.78 is 6.21. The van der Waals surface area contributed by atoms with Crippen molar-refractivity contribution in [2.45, 2.75) is 45.8 Å². The van der Waals surface area contributed by atoms with Gasteiger partial charge >= 0.3 is 0 Å².